The van der Waals surface area contributed by atoms with E-state index in [0.29, 0.717) is 0 Å². The molecule has 0 bridgehead atoms. The SMILES string of the molecule is CSC1=CC=C(N)CC1. The van der Waals surface area contributed by atoms with Crippen molar-refractivity contribution in [3.8, 4) is 0 Å². The van der Waals surface area contributed by atoms with Crippen LogP contribution >= 0.6 is 11.8 Å². The highest BCUT2D eigenvalue weighted by Crippen LogP contribution is 2.22. The highest BCUT2D eigenvalue weighted by atomic mass is 32.2. The monoisotopic (exact) mass is 141 g/mol. The van der Waals surface area contributed by atoms with Crippen LogP contribution in [-0.4, -0.2) is 6.26 Å². The smallest absolute Gasteiger partial charge is 0.00842 e. The van der Waals surface area contributed by atoms with E-state index in [1.165, 1.54) is 4.91 Å². The minimum atomic E-state index is 1.01. The van der Waals surface area contributed by atoms with Crippen LogP contribution in [-0.2, 0) is 0 Å². The summed E-state index contributed by atoms with van der Waals surface area (Å²) in [5, 5.41) is 0. The zero-order valence-electron chi connectivity index (χ0n) is 5.55. The summed E-state index contributed by atoms with van der Waals surface area (Å²) in [4.78, 5) is 1.43. The van der Waals surface area contributed by atoms with Gasteiger partial charge in [-0.1, -0.05) is 6.08 Å². The fourth-order valence-corrected chi connectivity index (χ4v) is 1.31. The van der Waals surface area contributed by atoms with Crippen LogP contribution in [0.2, 0.25) is 0 Å². The fraction of sp³-hybridized carbons (Fsp3) is 0.429. The molecule has 0 aliphatic heterocycles. The molecular formula is C7H11NS. The third kappa shape index (κ3) is 1.79. The number of allylic oxidation sites excluding steroid dienone is 4. The molecule has 0 fully saturated rings. The van der Waals surface area contributed by atoms with Crippen LogP contribution in [0.1, 0.15) is 12.8 Å². The van der Waals surface area contributed by atoms with Crippen molar-refractivity contribution in [2.45, 2.75) is 12.8 Å². The lowest BCUT2D eigenvalue weighted by molar-refractivity contribution is 0.933. The Morgan fingerprint density at radius 2 is 2.22 bits per heavy atom. The molecule has 0 aromatic heterocycles. The molecule has 1 aliphatic carbocycles. The standard InChI is InChI=1S/C7H11NS/c1-9-7-4-2-6(8)3-5-7/h2,4H,3,5,8H2,1H3. The predicted octanol–water partition coefficient (Wildman–Crippen LogP) is 1.87. The Labute approximate surface area is 60.0 Å². The molecule has 0 unspecified atom stereocenters. The van der Waals surface area contributed by atoms with Crippen molar-refractivity contribution < 1.29 is 0 Å². The maximum absolute atomic E-state index is 5.56. The van der Waals surface area contributed by atoms with Crippen molar-refractivity contribution in [2.75, 3.05) is 6.26 Å². The molecule has 9 heavy (non-hydrogen) atoms. The molecular weight excluding hydrogens is 130 g/mol. The van der Waals surface area contributed by atoms with Crippen LogP contribution in [0, 0.1) is 0 Å². The van der Waals surface area contributed by atoms with Gasteiger partial charge in [0.25, 0.3) is 0 Å². The van der Waals surface area contributed by atoms with Gasteiger partial charge < -0.3 is 5.73 Å². The van der Waals surface area contributed by atoms with Crippen molar-refractivity contribution in [3.63, 3.8) is 0 Å². The summed E-state index contributed by atoms with van der Waals surface area (Å²) in [7, 11) is 0. The van der Waals surface area contributed by atoms with E-state index in [9.17, 15) is 0 Å². The first-order chi connectivity index (χ1) is 4.33. The molecule has 0 atom stereocenters. The number of hydrogen-bond acceptors (Lipinski definition) is 2. The molecule has 0 aromatic carbocycles. The van der Waals surface area contributed by atoms with E-state index in [2.05, 4.69) is 12.3 Å². The fourth-order valence-electron chi connectivity index (χ4n) is 0.804. The van der Waals surface area contributed by atoms with E-state index in [1.807, 2.05) is 17.8 Å². The minimum Gasteiger partial charge on any atom is -0.402 e. The topological polar surface area (TPSA) is 26.0 Å². The van der Waals surface area contributed by atoms with Crippen LogP contribution in [0.15, 0.2) is 22.8 Å². The lowest BCUT2D eigenvalue weighted by Crippen LogP contribution is -1.99. The van der Waals surface area contributed by atoms with E-state index in [4.69, 9.17) is 5.73 Å². The average Bonchev–Trinajstić information content (AvgIpc) is 1.90. The Balaban J connectivity index is 2.59. The summed E-state index contributed by atoms with van der Waals surface area (Å²) in [6.07, 6.45) is 8.36. The van der Waals surface area contributed by atoms with Crippen molar-refractivity contribution >= 4 is 11.8 Å². The molecule has 1 rings (SSSR count). The Bertz CT molecular complexity index is 158. The molecule has 1 nitrogen and oxygen atoms in total. The van der Waals surface area contributed by atoms with Gasteiger partial charge in [-0.05, 0) is 30.1 Å². The zero-order chi connectivity index (χ0) is 6.69. The van der Waals surface area contributed by atoms with Crippen LogP contribution in [0.3, 0.4) is 0 Å². The molecule has 2 N–H and O–H groups in total. The Hall–Kier alpha value is -0.370. The highest BCUT2D eigenvalue weighted by molar-refractivity contribution is 8.02. The Kier molecular flexibility index (Phi) is 2.22. The molecule has 0 heterocycles. The van der Waals surface area contributed by atoms with E-state index < -0.39 is 0 Å². The summed E-state index contributed by atoms with van der Waals surface area (Å²) in [6.45, 7) is 0. The van der Waals surface area contributed by atoms with Gasteiger partial charge in [-0.2, -0.15) is 0 Å². The summed E-state index contributed by atoms with van der Waals surface area (Å²) in [5.41, 5.74) is 6.57. The van der Waals surface area contributed by atoms with Crippen LogP contribution in [0.25, 0.3) is 0 Å². The molecule has 0 aromatic rings. The van der Waals surface area contributed by atoms with Gasteiger partial charge in [0.1, 0.15) is 0 Å². The second-order valence-corrected chi connectivity index (χ2v) is 3.01. The van der Waals surface area contributed by atoms with Gasteiger partial charge in [0, 0.05) is 5.70 Å². The predicted molar refractivity (Wildman–Crippen MR) is 43.1 cm³/mol. The molecule has 0 saturated carbocycles. The van der Waals surface area contributed by atoms with Crippen LogP contribution in [0.4, 0.5) is 0 Å². The van der Waals surface area contributed by atoms with Crippen molar-refractivity contribution in [1.29, 1.82) is 0 Å². The lowest BCUT2D eigenvalue weighted by Gasteiger charge is -2.07. The maximum Gasteiger partial charge on any atom is 0.00842 e. The minimum absolute atomic E-state index is 1.01. The number of nitrogens with two attached hydrogens (primary N) is 1. The summed E-state index contributed by atoms with van der Waals surface area (Å²) < 4.78 is 0. The summed E-state index contributed by atoms with van der Waals surface area (Å²) in [6, 6.07) is 0. The zero-order valence-corrected chi connectivity index (χ0v) is 6.37. The molecule has 0 amide bonds. The normalized spacial score (nSPS) is 18.8. The van der Waals surface area contributed by atoms with Gasteiger partial charge in [0.15, 0.2) is 0 Å². The third-order valence-corrected chi connectivity index (χ3v) is 2.27. The lowest BCUT2D eigenvalue weighted by atomic mass is 10.1. The van der Waals surface area contributed by atoms with Crippen molar-refractivity contribution in [2.24, 2.45) is 5.73 Å². The number of hydrogen-bond donors (Lipinski definition) is 1. The second kappa shape index (κ2) is 2.97. The molecule has 1 aliphatic rings. The Morgan fingerprint density at radius 1 is 1.44 bits per heavy atom. The quantitative estimate of drug-likeness (QED) is 0.603. The van der Waals surface area contributed by atoms with Gasteiger partial charge in [0.05, 0.1) is 0 Å². The van der Waals surface area contributed by atoms with Gasteiger partial charge in [-0.25, -0.2) is 0 Å². The van der Waals surface area contributed by atoms with E-state index in [1.54, 1.807) is 0 Å². The van der Waals surface area contributed by atoms with Crippen molar-refractivity contribution in [1.82, 2.24) is 0 Å². The molecule has 0 radical (unpaired) electrons. The van der Waals surface area contributed by atoms with Gasteiger partial charge in [-0.3, -0.25) is 0 Å². The first-order valence-electron chi connectivity index (χ1n) is 3.02. The summed E-state index contributed by atoms with van der Waals surface area (Å²) >= 11 is 1.81. The van der Waals surface area contributed by atoms with Crippen molar-refractivity contribution in [3.05, 3.63) is 22.8 Å². The molecule has 50 valence electrons. The van der Waals surface area contributed by atoms with Gasteiger partial charge in [-0.15, -0.1) is 11.8 Å². The third-order valence-electron chi connectivity index (χ3n) is 1.41. The van der Waals surface area contributed by atoms with Crippen LogP contribution < -0.4 is 5.73 Å². The first kappa shape index (κ1) is 6.75. The number of thioether (sulfide) groups is 1. The first-order valence-corrected chi connectivity index (χ1v) is 4.24. The highest BCUT2D eigenvalue weighted by Gasteiger charge is 2.00. The average molecular weight is 141 g/mol. The number of rotatable bonds is 1. The second-order valence-electron chi connectivity index (χ2n) is 2.08. The maximum atomic E-state index is 5.56. The molecule has 2 heteroatoms. The van der Waals surface area contributed by atoms with E-state index >= 15 is 0 Å². The van der Waals surface area contributed by atoms with E-state index in [-0.39, 0.29) is 0 Å². The van der Waals surface area contributed by atoms with Gasteiger partial charge in [0.2, 0.25) is 0 Å². The Morgan fingerprint density at radius 3 is 2.67 bits per heavy atom. The molecule has 0 saturated heterocycles. The summed E-state index contributed by atoms with van der Waals surface area (Å²) in [5.74, 6) is 0. The van der Waals surface area contributed by atoms with Crippen LogP contribution in [0.5, 0.6) is 0 Å². The van der Waals surface area contributed by atoms with E-state index in [0.717, 1.165) is 18.5 Å². The molecule has 0 spiro atoms. The largest absolute Gasteiger partial charge is 0.402 e. The van der Waals surface area contributed by atoms with Gasteiger partial charge >= 0.3 is 0 Å².